The van der Waals surface area contributed by atoms with E-state index in [0.29, 0.717) is 5.57 Å². The van der Waals surface area contributed by atoms with Crippen LogP contribution in [-0.2, 0) is 15.3 Å². The Bertz CT molecular complexity index is 701. The maximum absolute atomic E-state index is 11.4. The lowest BCUT2D eigenvalue weighted by Gasteiger charge is -2.29. The molecule has 28 heavy (non-hydrogen) atoms. The third-order valence-electron chi connectivity index (χ3n) is 4.34. The third kappa shape index (κ3) is 7.21. The Labute approximate surface area is 173 Å². The van der Waals surface area contributed by atoms with Crippen LogP contribution in [-0.4, -0.2) is 32.6 Å². The number of morpholine rings is 1. The highest BCUT2D eigenvalue weighted by Gasteiger charge is 2.15. The quantitative estimate of drug-likeness (QED) is 0.363. The van der Waals surface area contributed by atoms with Crippen LogP contribution in [0.25, 0.3) is 0 Å². The number of hydrogen-bond donors (Lipinski definition) is 1. The molecule has 0 aliphatic carbocycles. The highest BCUT2D eigenvalue weighted by atomic mass is 32.2. The normalized spacial score (nSPS) is 15.6. The molecule has 1 aliphatic heterocycles. The number of allylic oxidation sites excluding steroid dienone is 3. The summed E-state index contributed by atoms with van der Waals surface area (Å²) < 4.78 is 5.41. The van der Waals surface area contributed by atoms with E-state index >= 15 is 0 Å². The smallest absolute Gasteiger partial charge is 0.152 e. The molecule has 1 aromatic carbocycles. The monoisotopic (exact) mass is 400 g/mol. The Morgan fingerprint density at radius 2 is 1.89 bits per heavy atom. The number of aldehydes is 1. The van der Waals surface area contributed by atoms with Gasteiger partial charge < -0.3 is 15.0 Å². The van der Waals surface area contributed by atoms with Gasteiger partial charge in [-0.1, -0.05) is 52.1 Å². The summed E-state index contributed by atoms with van der Waals surface area (Å²) in [5, 5.41) is 4.13. The van der Waals surface area contributed by atoms with Crippen molar-refractivity contribution in [3.05, 3.63) is 65.4 Å². The van der Waals surface area contributed by atoms with Gasteiger partial charge in [0.1, 0.15) is 0 Å². The summed E-state index contributed by atoms with van der Waals surface area (Å²) in [6.45, 7) is 17.8. The van der Waals surface area contributed by atoms with Crippen LogP contribution in [0.1, 0.15) is 32.8 Å². The van der Waals surface area contributed by atoms with E-state index in [-0.39, 0.29) is 5.41 Å². The van der Waals surface area contributed by atoms with E-state index in [1.807, 2.05) is 0 Å². The largest absolute Gasteiger partial charge is 0.378 e. The first-order chi connectivity index (χ1) is 13.3. The predicted molar refractivity (Wildman–Crippen MR) is 120 cm³/mol. The van der Waals surface area contributed by atoms with Gasteiger partial charge in [-0.05, 0) is 29.5 Å². The molecule has 5 heteroatoms. The molecule has 0 radical (unpaired) electrons. The van der Waals surface area contributed by atoms with Crippen molar-refractivity contribution in [3.8, 4) is 0 Å². The number of nitrogens with zero attached hydrogens (tertiary/aromatic N) is 1. The van der Waals surface area contributed by atoms with Crippen molar-refractivity contribution in [1.82, 2.24) is 5.32 Å². The fraction of sp³-hybridized carbons (Fsp3) is 0.435. The third-order valence-corrected chi connectivity index (χ3v) is 5.44. The molecule has 4 nitrogen and oxygen atoms in total. The predicted octanol–water partition coefficient (Wildman–Crippen LogP) is 4.89. The van der Waals surface area contributed by atoms with Crippen LogP contribution in [0.2, 0.25) is 0 Å². The first kappa shape index (κ1) is 22.3. The van der Waals surface area contributed by atoms with Crippen LogP contribution in [0.15, 0.2) is 59.8 Å². The molecule has 0 spiro atoms. The molecule has 1 aromatic rings. The van der Waals surface area contributed by atoms with Crippen molar-refractivity contribution >= 4 is 23.7 Å². The Hall–Kier alpha value is -1.98. The fourth-order valence-corrected chi connectivity index (χ4v) is 4.03. The van der Waals surface area contributed by atoms with E-state index < -0.39 is 0 Å². The van der Waals surface area contributed by atoms with E-state index in [9.17, 15) is 4.79 Å². The number of anilines is 1. The average molecular weight is 401 g/mol. The Balaban J connectivity index is 2.02. The second-order valence-corrected chi connectivity index (χ2v) is 9.11. The van der Waals surface area contributed by atoms with Gasteiger partial charge in [-0.3, -0.25) is 4.79 Å². The van der Waals surface area contributed by atoms with Gasteiger partial charge in [-0.2, -0.15) is 0 Å². The average Bonchev–Trinajstić information content (AvgIpc) is 2.66. The van der Waals surface area contributed by atoms with Crippen molar-refractivity contribution in [2.75, 3.05) is 31.2 Å². The van der Waals surface area contributed by atoms with Gasteiger partial charge in [0.15, 0.2) is 6.29 Å². The highest BCUT2D eigenvalue weighted by Crippen LogP contribution is 2.28. The fourth-order valence-electron chi connectivity index (χ4n) is 3.01. The Morgan fingerprint density at radius 1 is 1.25 bits per heavy atom. The second-order valence-electron chi connectivity index (χ2n) is 8.13. The number of ether oxygens (including phenoxy) is 1. The molecule has 0 amide bonds. The molecule has 1 aliphatic rings. The first-order valence-corrected chi connectivity index (χ1v) is 10.6. The van der Waals surface area contributed by atoms with Gasteiger partial charge in [0, 0.05) is 35.8 Å². The molecule has 0 bridgehead atoms. The molecule has 1 fully saturated rings. The minimum absolute atomic E-state index is 0.130. The number of nitrogens with one attached hydrogen (secondary N) is 1. The van der Waals surface area contributed by atoms with E-state index in [0.717, 1.165) is 55.5 Å². The maximum atomic E-state index is 11.4. The summed E-state index contributed by atoms with van der Waals surface area (Å²) in [6, 6.07) is 8.61. The minimum Gasteiger partial charge on any atom is -0.378 e. The number of benzene rings is 1. The van der Waals surface area contributed by atoms with Gasteiger partial charge >= 0.3 is 0 Å². The molecule has 0 aromatic heterocycles. The molecular formula is C23H32N2O2S. The number of rotatable bonds is 9. The molecule has 1 heterocycles. The Morgan fingerprint density at radius 3 is 2.43 bits per heavy atom. The van der Waals surface area contributed by atoms with Gasteiger partial charge in [0.25, 0.3) is 0 Å². The summed E-state index contributed by atoms with van der Waals surface area (Å²) >= 11 is 1.60. The number of carbonyl (C=O) groups excluding carboxylic acids is 1. The number of hydrogen-bond acceptors (Lipinski definition) is 5. The van der Waals surface area contributed by atoms with Gasteiger partial charge in [0.05, 0.1) is 18.2 Å². The van der Waals surface area contributed by atoms with Crippen LogP contribution < -0.4 is 10.2 Å². The standard InChI is InChI=1S/C23H32N2O2S/c1-6-20(16-26)22(24-18(2)15-23(3,4)5)28-17-19-7-9-21(10-8-19)25-11-13-27-14-12-25/h6-10,16,24H,1-2,11-15,17H2,3-5H3/b22-20+. The van der Waals surface area contributed by atoms with E-state index in [1.54, 1.807) is 17.8 Å². The molecule has 0 atom stereocenters. The molecule has 2 rings (SSSR count). The first-order valence-electron chi connectivity index (χ1n) is 9.63. The minimum atomic E-state index is 0.130. The van der Waals surface area contributed by atoms with Gasteiger partial charge in [0.2, 0.25) is 0 Å². The van der Waals surface area contributed by atoms with Crippen molar-refractivity contribution in [3.63, 3.8) is 0 Å². The summed E-state index contributed by atoms with van der Waals surface area (Å²) in [6.07, 6.45) is 3.26. The van der Waals surface area contributed by atoms with Crippen molar-refractivity contribution in [2.24, 2.45) is 5.41 Å². The van der Waals surface area contributed by atoms with E-state index in [4.69, 9.17) is 4.74 Å². The van der Waals surface area contributed by atoms with Crippen LogP contribution in [0, 0.1) is 5.41 Å². The van der Waals surface area contributed by atoms with E-state index in [1.165, 1.54) is 11.3 Å². The van der Waals surface area contributed by atoms with E-state index in [2.05, 4.69) is 68.4 Å². The SMILES string of the molecule is C=C/C(C=O)=C(/NC(=C)CC(C)(C)C)SCc1ccc(N2CCOCC2)cc1. The van der Waals surface area contributed by atoms with Crippen LogP contribution in [0.3, 0.4) is 0 Å². The van der Waals surface area contributed by atoms with Crippen LogP contribution in [0.5, 0.6) is 0 Å². The van der Waals surface area contributed by atoms with Gasteiger partial charge in [-0.25, -0.2) is 0 Å². The second kappa shape index (κ2) is 10.5. The lowest BCUT2D eigenvalue weighted by atomic mass is 9.91. The number of thioether (sulfide) groups is 1. The molecular weight excluding hydrogens is 368 g/mol. The highest BCUT2D eigenvalue weighted by molar-refractivity contribution is 8.02. The van der Waals surface area contributed by atoms with Crippen molar-refractivity contribution in [2.45, 2.75) is 32.9 Å². The van der Waals surface area contributed by atoms with Gasteiger partial charge in [-0.15, -0.1) is 11.8 Å². The zero-order valence-corrected chi connectivity index (χ0v) is 18.1. The zero-order chi connectivity index (χ0) is 20.6. The topological polar surface area (TPSA) is 41.6 Å². The molecule has 0 unspecified atom stereocenters. The summed E-state index contributed by atoms with van der Waals surface area (Å²) in [5.74, 6) is 0.764. The van der Waals surface area contributed by atoms with Crippen molar-refractivity contribution < 1.29 is 9.53 Å². The molecule has 0 saturated carbocycles. The number of carbonyl (C=O) groups is 1. The lowest BCUT2D eigenvalue weighted by Crippen LogP contribution is -2.36. The maximum Gasteiger partial charge on any atom is 0.152 e. The lowest BCUT2D eigenvalue weighted by molar-refractivity contribution is -0.104. The Kier molecular flexibility index (Phi) is 8.39. The molecule has 152 valence electrons. The van der Waals surface area contributed by atoms with Crippen molar-refractivity contribution in [1.29, 1.82) is 0 Å². The molecule has 1 N–H and O–H groups in total. The summed E-state index contributed by atoms with van der Waals surface area (Å²) in [5.41, 5.74) is 4.02. The van der Waals surface area contributed by atoms with Crippen LogP contribution >= 0.6 is 11.8 Å². The van der Waals surface area contributed by atoms with Crippen LogP contribution in [0.4, 0.5) is 5.69 Å². The zero-order valence-electron chi connectivity index (χ0n) is 17.3. The summed E-state index contributed by atoms with van der Waals surface area (Å²) in [4.78, 5) is 13.8. The summed E-state index contributed by atoms with van der Waals surface area (Å²) in [7, 11) is 0. The molecule has 1 saturated heterocycles.